The van der Waals surface area contributed by atoms with E-state index < -0.39 is 0 Å². The lowest BCUT2D eigenvalue weighted by Crippen LogP contribution is -2.21. The number of aldehydes is 1. The van der Waals surface area contributed by atoms with Gasteiger partial charge in [-0.2, -0.15) is 0 Å². The van der Waals surface area contributed by atoms with Crippen LogP contribution >= 0.6 is 0 Å². The molecule has 0 saturated heterocycles. The van der Waals surface area contributed by atoms with Crippen LogP contribution in [0.15, 0.2) is 0 Å². The van der Waals surface area contributed by atoms with Crippen LogP contribution in [0.25, 0.3) is 0 Å². The lowest BCUT2D eigenvalue weighted by atomic mass is 9.78. The molecule has 0 amide bonds. The highest BCUT2D eigenvalue weighted by Crippen LogP contribution is 2.30. The van der Waals surface area contributed by atoms with Gasteiger partial charge < -0.3 is 4.79 Å². The summed E-state index contributed by atoms with van der Waals surface area (Å²) in [5, 5.41) is 0. The summed E-state index contributed by atoms with van der Waals surface area (Å²) in [6.07, 6.45) is 5.54. The molecule has 0 aliphatic heterocycles. The lowest BCUT2D eigenvalue weighted by molar-refractivity contribution is -0.116. The van der Waals surface area contributed by atoms with Crippen molar-refractivity contribution >= 4 is 6.29 Å². The van der Waals surface area contributed by atoms with Crippen molar-refractivity contribution in [1.82, 2.24) is 0 Å². The lowest BCUT2D eigenvalue weighted by Gasteiger charge is -2.25. The third-order valence-corrected chi connectivity index (χ3v) is 3.00. The maximum atomic E-state index is 10.8. The Morgan fingerprint density at radius 2 is 1.75 bits per heavy atom. The van der Waals surface area contributed by atoms with Crippen LogP contribution in [0, 0.1) is 11.3 Å². The molecule has 0 rings (SSSR count). The number of carbonyl (C=O) groups is 1. The van der Waals surface area contributed by atoms with Crippen LogP contribution in [0.5, 0.6) is 0 Å². The first kappa shape index (κ1) is 11.7. The Morgan fingerprint density at radius 1 is 1.25 bits per heavy atom. The molecule has 12 heavy (non-hydrogen) atoms. The van der Waals surface area contributed by atoms with E-state index in [1.54, 1.807) is 0 Å². The number of hydrogen-bond donors (Lipinski definition) is 0. The van der Waals surface area contributed by atoms with Crippen LogP contribution in [-0.4, -0.2) is 6.29 Å². The Hall–Kier alpha value is -0.330. The molecule has 0 fully saturated rings. The number of rotatable bonds is 6. The van der Waals surface area contributed by atoms with E-state index in [1.807, 2.05) is 0 Å². The second kappa shape index (κ2) is 5.34. The number of carbonyl (C=O) groups excluding carboxylic acids is 1. The average Bonchev–Trinajstić information content (AvgIpc) is 2.14. The molecule has 1 unspecified atom stereocenters. The van der Waals surface area contributed by atoms with Crippen molar-refractivity contribution in [3.8, 4) is 0 Å². The summed E-state index contributed by atoms with van der Waals surface area (Å²) < 4.78 is 0. The van der Waals surface area contributed by atoms with Gasteiger partial charge in [0.15, 0.2) is 0 Å². The zero-order chi connectivity index (χ0) is 9.61. The summed E-state index contributed by atoms with van der Waals surface area (Å²) in [6, 6.07) is 0. The van der Waals surface area contributed by atoms with E-state index in [0.29, 0.717) is 0 Å². The van der Waals surface area contributed by atoms with Crippen LogP contribution in [-0.2, 0) is 4.79 Å². The minimum absolute atomic E-state index is 0.0727. The van der Waals surface area contributed by atoms with Gasteiger partial charge in [-0.25, -0.2) is 0 Å². The van der Waals surface area contributed by atoms with Gasteiger partial charge in [0.05, 0.1) is 0 Å². The standard InChI is InChI=1S/C11H22O/c1-5-10(6-2)8-11(4,7-3)9-12/h9-10H,5-8H2,1-4H3. The van der Waals surface area contributed by atoms with Gasteiger partial charge in [0.25, 0.3) is 0 Å². The van der Waals surface area contributed by atoms with E-state index in [4.69, 9.17) is 0 Å². The Kier molecular flexibility index (Phi) is 5.19. The first-order valence-electron chi connectivity index (χ1n) is 5.08. The van der Waals surface area contributed by atoms with E-state index in [1.165, 1.54) is 12.8 Å². The van der Waals surface area contributed by atoms with Gasteiger partial charge in [0.2, 0.25) is 0 Å². The summed E-state index contributed by atoms with van der Waals surface area (Å²) in [5.74, 6) is 0.722. The van der Waals surface area contributed by atoms with Gasteiger partial charge in [-0.3, -0.25) is 0 Å². The Morgan fingerprint density at radius 3 is 2.00 bits per heavy atom. The van der Waals surface area contributed by atoms with Gasteiger partial charge in [-0.05, 0) is 18.8 Å². The van der Waals surface area contributed by atoms with Gasteiger partial charge in [0.1, 0.15) is 6.29 Å². The molecule has 0 saturated carbocycles. The minimum atomic E-state index is -0.0727. The van der Waals surface area contributed by atoms with Crippen LogP contribution in [0.2, 0.25) is 0 Å². The fraction of sp³-hybridized carbons (Fsp3) is 0.909. The largest absolute Gasteiger partial charge is 0.303 e. The molecule has 0 spiro atoms. The van der Waals surface area contributed by atoms with Crippen LogP contribution < -0.4 is 0 Å². The van der Waals surface area contributed by atoms with Crippen LogP contribution in [0.1, 0.15) is 53.4 Å². The average molecular weight is 170 g/mol. The van der Waals surface area contributed by atoms with Gasteiger partial charge in [-0.15, -0.1) is 0 Å². The maximum Gasteiger partial charge on any atom is 0.125 e. The molecule has 0 radical (unpaired) electrons. The molecule has 0 aliphatic carbocycles. The maximum absolute atomic E-state index is 10.8. The summed E-state index contributed by atoms with van der Waals surface area (Å²) in [5.41, 5.74) is -0.0727. The van der Waals surface area contributed by atoms with Crippen LogP contribution in [0.3, 0.4) is 0 Å². The Labute approximate surface area is 76.6 Å². The fourth-order valence-electron chi connectivity index (χ4n) is 1.51. The molecule has 0 aromatic heterocycles. The summed E-state index contributed by atoms with van der Waals surface area (Å²) in [4.78, 5) is 10.8. The smallest absolute Gasteiger partial charge is 0.125 e. The molecule has 0 aromatic carbocycles. The van der Waals surface area contributed by atoms with Gasteiger partial charge in [-0.1, -0.05) is 40.5 Å². The molecule has 0 heterocycles. The second-order valence-electron chi connectivity index (χ2n) is 4.01. The zero-order valence-electron chi connectivity index (χ0n) is 8.89. The number of hydrogen-bond acceptors (Lipinski definition) is 1. The summed E-state index contributed by atoms with van der Waals surface area (Å²) in [6.45, 7) is 8.57. The fourth-order valence-corrected chi connectivity index (χ4v) is 1.51. The summed E-state index contributed by atoms with van der Waals surface area (Å²) in [7, 11) is 0. The molecule has 0 aliphatic rings. The Bertz CT molecular complexity index is 127. The normalized spacial score (nSPS) is 16.1. The van der Waals surface area contributed by atoms with Crippen molar-refractivity contribution in [3.63, 3.8) is 0 Å². The third-order valence-electron chi connectivity index (χ3n) is 3.00. The molecule has 1 nitrogen and oxygen atoms in total. The van der Waals surface area contributed by atoms with Crippen molar-refractivity contribution in [3.05, 3.63) is 0 Å². The van der Waals surface area contributed by atoms with Gasteiger partial charge >= 0.3 is 0 Å². The molecular formula is C11H22O. The highest BCUT2D eigenvalue weighted by Gasteiger charge is 2.24. The van der Waals surface area contributed by atoms with Crippen molar-refractivity contribution in [2.24, 2.45) is 11.3 Å². The van der Waals surface area contributed by atoms with E-state index in [2.05, 4.69) is 27.7 Å². The van der Waals surface area contributed by atoms with E-state index >= 15 is 0 Å². The highest BCUT2D eigenvalue weighted by atomic mass is 16.1. The summed E-state index contributed by atoms with van der Waals surface area (Å²) >= 11 is 0. The van der Waals surface area contributed by atoms with E-state index in [9.17, 15) is 4.79 Å². The molecule has 1 atom stereocenters. The first-order chi connectivity index (χ1) is 5.61. The van der Waals surface area contributed by atoms with E-state index in [0.717, 1.165) is 25.0 Å². The van der Waals surface area contributed by atoms with Crippen molar-refractivity contribution in [1.29, 1.82) is 0 Å². The van der Waals surface area contributed by atoms with Crippen molar-refractivity contribution < 1.29 is 4.79 Å². The Balaban J connectivity index is 4.08. The van der Waals surface area contributed by atoms with Crippen molar-refractivity contribution in [2.45, 2.75) is 53.4 Å². The SMILES string of the molecule is CCC(CC)CC(C)(C=O)CC. The predicted molar refractivity (Wildman–Crippen MR) is 53.2 cm³/mol. The van der Waals surface area contributed by atoms with Crippen LogP contribution in [0.4, 0.5) is 0 Å². The molecule has 0 bridgehead atoms. The molecule has 0 N–H and O–H groups in total. The zero-order valence-corrected chi connectivity index (χ0v) is 8.89. The topological polar surface area (TPSA) is 17.1 Å². The van der Waals surface area contributed by atoms with E-state index in [-0.39, 0.29) is 5.41 Å². The minimum Gasteiger partial charge on any atom is -0.303 e. The molecular weight excluding hydrogens is 148 g/mol. The molecule has 1 heteroatoms. The monoisotopic (exact) mass is 170 g/mol. The highest BCUT2D eigenvalue weighted by molar-refractivity contribution is 5.58. The molecule has 0 aromatic rings. The first-order valence-corrected chi connectivity index (χ1v) is 5.08. The second-order valence-corrected chi connectivity index (χ2v) is 4.01. The molecule has 72 valence electrons. The van der Waals surface area contributed by atoms with Gasteiger partial charge in [0, 0.05) is 5.41 Å². The predicted octanol–water partition coefficient (Wildman–Crippen LogP) is 3.43. The quantitative estimate of drug-likeness (QED) is 0.558. The van der Waals surface area contributed by atoms with Crippen molar-refractivity contribution in [2.75, 3.05) is 0 Å². The third kappa shape index (κ3) is 3.38.